The summed E-state index contributed by atoms with van der Waals surface area (Å²) in [5.41, 5.74) is 0.627. The molecule has 0 bridgehead atoms. The van der Waals surface area contributed by atoms with Crippen LogP contribution in [0.4, 0.5) is 0 Å². The predicted molar refractivity (Wildman–Crippen MR) is 80.0 cm³/mol. The number of hydroxylamine groups is 2. The van der Waals surface area contributed by atoms with E-state index in [2.05, 4.69) is 18.1 Å². The number of nitrogens with zero attached hydrogens (tertiary/aromatic N) is 3. The molecular formula is C16H23N3O2. The summed E-state index contributed by atoms with van der Waals surface area (Å²) in [5.74, 6) is 0.0544. The maximum Gasteiger partial charge on any atom is 0.251 e. The molecule has 0 saturated carbocycles. The van der Waals surface area contributed by atoms with Gasteiger partial charge in [0.2, 0.25) is 0 Å². The molecule has 1 unspecified atom stereocenters. The van der Waals surface area contributed by atoms with Gasteiger partial charge in [-0.3, -0.25) is 9.63 Å². The van der Waals surface area contributed by atoms with Crippen molar-refractivity contribution in [1.82, 2.24) is 14.8 Å². The third kappa shape index (κ3) is 2.39. The van der Waals surface area contributed by atoms with Gasteiger partial charge in [0.05, 0.1) is 12.6 Å². The van der Waals surface area contributed by atoms with E-state index >= 15 is 0 Å². The molecule has 5 nitrogen and oxygen atoms in total. The summed E-state index contributed by atoms with van der Waals surface area (Å²) in [5, 5.41) is 5.88. The lowest BCUT2D eigenvalue weighted by Gasteiger charge is -2.40. The molecule has 0 N–H and O–H groups in total. The van der Waals surface area contributed by atoms with Crippen molar-refractivity contribution in [2.45, 2.75) is 46.6 Å². The minimum atomic E-state index is -0.431. The number of hydrogen-bond acceptors (Lipinski definition) is 3. The van der Waals surface area contributed by atoms with E-state index < -0.39 is 5.41 Å². The second kappa shape index (κ2) is 4.70. The zero-order chi connectivity index (χ0) is 15.3. The first kappa shape index (κ1) is 14.3. The van der Waals surface area contributed by atoms with Crippen LogP contribution >= 0.6 is 0 Å². The molecule has 2 aliphatic heterocycles. The smallest absolute Gasteiger partial charge is 0.251 e. The third-order valence-electron chi connectivity index (χ3n) is 4.42. The highest BCUT2D eigenvalue weighted by Gasteiger charge is 2.46. The Morgan fingerprint density at radius 2 is 2.24 bits per heavy atom. The fraction of sp³-hybridized carbons (Fsp3) is 0.625. The quantitative estimate of drug-likeness (QED) is 0.798. The Morgan fingerprint density at radius 3 is 2.95 bits per heavy atom. The Labute approximate surface area is 125 Å². The summed E-state index contributed by atoms with van der Waals surface area (Å²) in [6, 6.07) is 2.11. The van der Waals surface area contributed by atoms with Gasteiger partial charge in [0.1, 0.15) is 0 Å². The van der Waals surface area contributed by atoms with Gasteiger partial charge in [-0.1, -0.05) is 33.8 Å². The molecule has 1 aromatic rings. The van der Waals surface area contributed by atoms with E-state index in [-0.39, 0.29) is 17.4 Å². The van der Waals surface area contributed by atoms with E-state index in [9.17, 15) is 4.79 Å². The molecule has 1 fully saturated rings. The van der Waals surface area contributed by atoms with Crippen LogP contribution in [0.5, 0.6) is 0 Å². The van der Waals surface area contributed by atoms with E-state index in [1.807, 2.05) is 43.9 Å². The highest BCUT2D eigenvalue weighted by Crippen LogP contribution is 2.40. The Bertz CT molecular complexity index is 585. The van der Waals surface area contributed by atoms with Crippen LogP contribution in [0, 0.1) is 10.8 Å². The van der Waals surface area contributed by atoms with E-state index in [1.54, 1.807) is 5.06 Å². The van der Waals surface area contributed by atoms with Gasteiger partial charge in [-0.2, -0.15) is 5.10 Å². The lowest BCUT2D eigenvalue weighted by atomic mass is 9.75. The first-order valence-corrected chi connectivity index (χ1v) is 7.50. The van der Waals surface area contributed by atoms with Gasteiger partial charge in [-0.25, -0.2) is 9.75 Å². The molecule has 0 spiro atoms. The normalized spacial score (nSPS) is 28.8. The number of fused-ring (bicyclic) bond motifs is 1. The van der Waals surface area contributed by atoms with Crippen LogP contribution in [0.1, 0.15) is 39.8 Å². The molecule has 2 aliphatic rings. The lowest BCUT2D eigenvalue weighted by molar-refractivity contribution is -0.191. The van der Waals surface area contributed by atoms with E-state index in [0.29, 0.717) is 6.61 Å². The second-order valence-corrected chi connectivity index (χ2v) is 7.28. The van der Waals surface area contributed by atoms with Crippen LogP contribution in [0.3, 0.4) is 0 Å². The van der Waals surface area contributed by atoms with Crippen LogP contribution in [0.25, 0.3) is 6.20 Å². The maximum absolute atomic E-state index is 12.6. The lowest BCUT2D eigenvalue weighted by Crippen LogP contribution is -2.49. The Hall–Kier alpha value is -1.62. The van der Waals surface area contributed by atoms with E-state index in [4.69, 9.17) is 4.84 Å². The van der Waals surface area contributed by atoms with Crippen molar-refractivity contribution >= 4 is 12.1 Å². The zero-order valence-electron chi connectivity index (χ0n) is 13.2. The van der Waals surface area contributed by atoms with Crippen LogP contribution in [-0.4, -0.2) is 33.4 Å². The van der Waals surface area contributed by atoms with Crippen molar-refractivity contribution in [3.05, 3.63) is 24.0 Å². The topological polar surface area (TPSA) is 47.4 Å². The molecule has 1 aromatic heterocycles. The number of aromatic nitrogens is 2. The largest absolute Gasteiger partial charge is 0.272 e. The van der Waals surface area contributed by atoms with Gasteiger partial charge >= 0.3 is 0 Å². The first-order chi connectivity index (χ1) is 9.81. The van der Waals surface area contributed by atoms with Crippen molar-refractivity contribution < 1.29 is 9.63 Å². The van der Waals surface area contributed by atoms with Gasteiger partial charge in [0, 0.05) is 35.3 Å². The van der Waals surface area contributed by atoms with Crippen LogP contribution in [0.15, 0.2) is 18.3 Å². The molecule has 114 valence electrons. The Morgan fingerprint density at radius 1 is 1.48 bits per heavy atom. The minimum absolute atomic E-state index is 0.0544. The third-order valence-corrected chi connectivity index (χ3v) is 4.42. The molecule has 0 aromatic carbocycles. The van der Waals surface area contributed by atoms with Crippen molar-refractivity contribution in [3.8, 4) is 0 Å². The fourth-order valence-corrected chi connectivity index (χ4v) is 3.13. The van der Waals surface area contributed by atoms with Crippen molar-refractivity contribution in [2.75, 3.05) is 6.61 Å². The summed E-state index contributed by atoms with van der Waals surface area (Å²) in [6.45, 7) is 8.60. The number of carbonyl (C=O) groups is 1. The average molecular weight is 289 g/mol. The number of amides is 1. The van der Waals surface area contributed by atoms with E-state index in [0.717, 1.165) is 12.8 Å². The van der Waals surface area contributed by atoms with Crippen LogP contribution in [0.2, 0.25) is 0 Å². The summed E-state index contributed by atoms with van der Waals surface area (Å²) >= 11 is 0. The number of rotatable bonds is 1. The van der Waals surface area contributed by atoms with Gasteiger partial charge in [0.15, 0.2) is 0 Å². The summed E-state index contributed by atoms with van der Waals surface area (Å²) < 4.78 is 1.90. The standard InChI is InChI=1S/C16H23N3O2/c1-15(2,3)14(20)19-13(6-10-21-19)16(4)7-9-18-12(11-16)5-8-17-18/h5,7-9,13H,6,10-11H2,1-4H3/t13-,16?/m0/s1. The summed E-state index contributed by atoms with van der Waals surface area (Å²) in [4.78, 5) is 18.3. The molecule has 2 atom stereocenters. The molecule has 3 rings (SSSR count). The molecule has 5 heteroatoms. The minimum Gasteiger partial charge on any atom is -0.272 e. The first-order valence-electron chi connectivity index (χ1n) is 7.50. The van der Waals surface area contributed by atoms with E-state index in [1.165, 1.54) is 5.69 Å². The number of hydrogen-bond donors (Lipinski definition) is 0. The average Bonchev–Trinajstić information content (AvgIpc) is 3.04. The summed E-state index contributed by atoms with van der Waals surface area (Å²) in [6.07, 6.45) is 7.71. The Kier molecular flexibility index (Phi) is 3.20. The van der Waals surface area contributed by atoms with Gasteiger partial charge in [-0.05, 0) is 12.5 Å². The van der Waals surface area contributed by atoms with Crippen molar-refractivity contribution in [2.24, 2.45) is 10.8 Å². The van der Waals surface area contributed by atoms with Gasteiger partial charge in [0.25, 0.3) is 5.91 Å². The summed E-state index contributed by atoms with van der Waals surface area (Å²) in [7, 11) is 0. The molecule has 1 saturated heterocycles. The Balaban J connectivity index is 1.87. The monoisotopic (exact) mass is 289 g/mol. The zero-order valence-corrected chi connectivity index (χ0v) is 13.2. The molecule has 21 heavy (non-hydrogen) atoms. The highest BCUT2D eigenvalue weighted by atomic mass is 16.7. The fourth-order valence-electron chi connectivity index (χ4n) is 3.13. The van der Waals surface area contributed by atoms with Crippen LogP contribution in [-0.2, 0) is 16.1 Å². The van der Waals surface area contributed by atoms with Crippen molar-refractivity contribution in [3.63, 3.8) is 0 Å². The highest BCUT2D eigenvalue weighted by molar-refractivity contribution is 5.81. The SMILES string of the molecule is CC(C)(C)C(=O)N1OCC[C@H]1C1(C)C=Cn2nccc2C1. The molecule has 0 radical (unpaired) electrons. The van der Waals surface area contributed by atoms with Gasteiger partial charge < -0.3 is 0 Å². The molecule has 0 aliphatic carbocycles. The molecular weight excluding hydrogens is 266 g/mol. The van der Waals surface area contributed by atoms with Crippen molar-refractivity contribution in [1.29, 1.82) is 0 Å². The van der Waals surface area contributed by atoms with Gasteiger partial charge in [-0.15, -0.1) is 0 Å². The number of carbonyl (C=O) groups excluding carboxylic acids is 1. The van der Waals surface area contributed by atoms with Crippen LogP contribution < -0.4 is 0 Å². The molecule has 3 heterocycles. The molecule has 1 amide bonds. The predicted octanol–water partition coefficient (Wildman–Crippen LogP) is 2.49. The maximum atomic E-state index is 12.6. The second-order valence-electron chi connectivity index (χ2n) is 7.28.